The topological polar surface area (TPSA) is 61.2 Å². The van der Waals surface area contributed by atoms with Gasteiger partial charge in [0.25, 0.3) is 0 Å². The second-order valence-electron chi connectivity index (χ2n) is 8.24. The number of fused-ring (bicyclic) bond motifs is 1. The molecule has 0 saturated carbocycles. The third kappa shape index (κ3) is 4.88. The van der Waals surface area contributed by atoms with Crippen LogP contribution in [0.15, 0.2) is 79.0 Å². The molecule has 1 aliphatic heterocycles. The first-order valence-corrected chi connectivity index (χ1v) is 11.2. The summed E-state index contributed by atoms with van der Waals surface area (Å²) in [4.78, 5) is 0. The van der Waals surface area contributed by atoms with Gasteiger partial charge in [-0.3, -0.25) is 0 Å². The first-order chi connectivity index (χ1) is 15.9. The summed E-state index contributed by atoms with van der Waals surface area (Å²) >= 11 is 0. The molecular formula is C26H28N4O2. The van der Waals surface area contributed by atoms with Crippen molar-refractivity contribution < 1.29 is 9.47 Å². The first kappa shape index (κ1) is 20.8. The lowest BCUT2D eigenvalue weighted by molar-refractivity contribution is -0.0140. The SMILES string of the molecule is c1ccc(COCc2cnnn2C2CCNCC2OCc2ccc3ccccc3c2)cc1. The van der Waals surface area contributed by atoms with Crippen molar-refractivity contribution in [2.24, 2.45) is 0 Å². The maximum Gasteiger partial charge on any atom is 0.0928 e. The fourth-order valence-electron chi connectivity index (χ4n) is 4.29. The van der Waals surface area contributed by atoms with Gasteiger partial charge in [-0.2, -0.15) is 0 Å². The van der Waals surface area contributed by atoms with Gasteiger partial charge in [-0.1, -0.05) is 71.9 Å². The molecule has 0 radical (unpaired) electrons. The summed E-state index contributed by atoms with van der Waals surface area (Å²) in [6, 6.07) is 25.2. The first-order valence-electron chi connectivity index (χ1n) is 11.2. The Labute approximate surface area is 188 Å². The number of hydrogen-bond acceptors (Lipinski definition) is 5. The molecule has 6 nitrogen and oxygen atoms in total. The number of ether oxygens (including phenoxy) is 2. The summed E-state index contributed by atoms with van der Waals surface area (Å²) in [6.07, 6.45) is 2.76. The maximum absolute atomic E-state index is 6.39. The van der Waals surface area contributed by atoms with E-state index in [1.165, 1.54) is 16.3 Å². The minimum absolute atomic E-state index is 0.0183. The van der Waals surface area contributed by atoms with Crippen LogP contribution >= 0.6 is 0 Å². The number of aromatic nitrogens is 3. The normalized spacial score (nSPS) is 18.8. The van der Waals surface area contributed by atoms with E-state index in [0.717, 1.165) is 30.8 Å². The van der Waals surface area contributed by atoms with Crippen molar-refractivity contribution in [1.82, 2.24) is 20.3 Å². The highest BCUT2D eigenvalue weighted by atomic mass is 16.5. The molecule has 1 fully saturated rings. The van der Waals surface area contributed by atoms with Crippen LogP contribution in [0.3, 0.4) is 0 Å². The number of benzene rings is 3. The predicted molar refractivity (Wildman–Crippen MR) is 124 cm³/mol. The summed E-state index contributed by atoms with van der Waals surface area (Å²) in [5.74, 6) is 0. The minimum atomic E-state index is 0.0183. The molecule has 0 amide bonds. The number of hydrogen-bond donors (Lipinski definition) is 1. The Balaban J connectivity index is 1.24. The Morgan fingerprint density at radius 3 is 2.62 bits per heavy atom. The molecule has 32 heavy (non-hydrogen) atoms. The van der Waals surface area contributed by atoms with E-state index in [1.54, 1.807) is 6.20 Å². The summed E-state index contributed by atoms with van der Waals surface area (Å²) in [5, 5.41) is 14.5. The minimum Gasteiger partial charge on any atom is -0.370 e. The third-order valence-corrected chi connectivity index (χ3v) is 5.99. The highest BCUT2D eigenvalue weighted by Crippen LogP contribution is 2.25. The van der Waals surface area contributed by atoms with Gasteiger partial charge in [0.1, 0.15) is 0 Å². The van der Waals surface area contributed by atoms with Crippen molar-refractivity contribution in [3.8, 4) is 0 Å². The van der Waals surface area contributed by atoms with Crippen LogP contribution in [0, 0.1) is 0 Å². The lowest BCUT2D eigenvalue weighted by atomic mass is 10.0. The molecule has 3 aromatic carbocycles. The van der Waals surface area contributed by atoms with Gasteiger partial charge in [0.15, 0.2) is 0 Å². The van der Waals surface area contributed by atoms with Crippen LogP contribution in [0.25, 0.3) is 10.8 Å². The van der Waals surface area contributed by atoms with Gasteiger partial charge >= 0.3 is 0 Å². The van der Waals surface area contributed by atoms with E-state index >= 15 is 0 Å². The zero-order valence-corrected chi connectivity index (χ0v) is 18.1. The molecular weight excluding hydrogens is 400 g/mol. The fourth-order valence-corrected chi connectivity index (χ4v) is 4.29. The monoisotopic (exact) mass is 428 g/mol. The Morgan fingerprint density at radius 2 is 1.72 bits per heavy atom. The summed E-state index contributed by atoms with van der Waals surface area (Å²) in [6.45, 7) is 3.35. The Morgan fingerprint density at radius 1 is 0.875 bits per heavy atom. The second-order valence-corrected chi connectivity index (χ2v) is 8.24. The van der Waals surface area contributed by atoms with Crippen LogP contribution in [0.5, 0.6) is 0 Å². The van der Waals surface area contributed by atoms with Crippen LogP contribution in [0.4, 0.5) is 0 Å². The lowest BCUT2D eigenvalue weighted by Crippen LogP contribution is -2.44. The van der Waals surface area contributed by atoms with Gasteiger partial charge in [-0.15, -0.1) is 5.10 Å². The van der Waals surface area contributed by atoms with E-state index in [0.29, 0.717) is 19.8 Å². The van der Waals surface area contributed by atoms with Gasteiger partial charge in [-0.25, -0.2) is 4.68 Å². The molecule has 1 saturated heterocycles. The zero-order valence-electron chi connectivity index (χ0n) is 18.1. The molecule has 4 aromatic rings. The number of nitrogens with zero attached hydrogens (tertiary/aromatic N) is 3. The maximum atomic E-state index is 6.39. The van der Waals surface area contributed by atoms with Crippen LogP contribution in [0.1, 0.15) is 29.3 Å². The molecule has 1 N–H and O–H groups in total. The molecule has 164 valence electrons. The van der Waals surface area contributed by atoms with E-state index in [2.05, 4.69) is 70.2 Å². The Hall–Kier alpha value is -3.06. The molecule has 2 unspecified atom stereocenters. The van der Waals surface area contributed by atoms with E-state index in [4.69, 9.17) is 9.47 Å². The summed E-state index contributed by atoms with van der Waals surface area (Å²) in [5.41, 5.74) is 3.31. The van der Waals surface area contributed by atoms with E-state index in [1.807, 2.05) is 22.9 Å². The molecule has 0 spiro atoms. The average Bonchev–Trinajstić information content (AvgIpc) is 3.32. The zero-order chi connectivity index (χ0) is 21.6. The van der Waals surface area contributed by atoms with Crippen molar-refractivity contribution in [3.63, 3.8) is 0 Å². The number of rotatable bonds is 8. The highest BCUT2D eigenvalue weighted by molar-refractivity contribution is 5.82. The lowest BCUT2D eigenvalue weighted by Gasteiger charge is -2.32. The summed E-state index contributed by atoms with van der Waals surface area (Å²) in [7, 11) is 0. The molecule has 1 aromatic heterocycles. The molecule has 2 heterocycles. The average molecular weight is 429 g/mol. The highest BCUT2D eigenvalue weighted by Gasteiger charge is 2.29. The Bertz CT molecular complexity index is 1140. The van der Waals surface area contributed by atoms with Gasteiger partial charge in [0, 0.05) is 6.54 Å². The number of nitrogens with one attached hydrogen (secondary N) is 1. The molecule has 0 bridgehead atoms. The van der Waals surface area contributed by atoms with Gasteiger partial charge < -0.3 is 14.8 Å². The van der Waals surface area contributed by atoms with Crippen molar-refractivity contribution in [2.45, 2.75) is 38.4 Å². The summed E-state index contributed by atoms with van der Waals surface area (Å²) < 4.78 is 14.3. The van der Waals surface area contributed by atoms with E-state index < -0.39 is 0 Å². The molecule has 5 rings (SSSR count). The van der Waals surface area contributed by atoms with Crippen LogP contribution < -0.4 is 5.32 Å². The van der Waals surface area contributed by atoms with E-state index in [9.17, 15) is 0 Å². The third-order valence-electron chi connectivity index (χ3n) is 5.99. The van der Waals surface area contributed by atoms with Crippen molar-refractivity contribution in [1.29, 1.82) is 0 Å². The smallest absolute Gasteiger partial charge is 0.0928 e. The molecule has 0 aliphatic carbocycles. The van der Waals surface area contributed by atoms with Crippen molar-refractivity contribution in [3.05, 3.63) is 95.8 Å². The largest absolute Gasteiger partial charge is 0.370 e. The van der Waals surface area contributed by atoms with Crippen LogP contribution in [-0.2, 0) is 29.3 Å². The van der Waals surface area contributed by atoms with E-state index in [-0.39, 0.29) is 12.1 Å². The van der Waals surface area contributed by atoms with Gasteiger partial charge in [0.2, 0.25) is 0 Å². The van der Waals surface area contributed by atoms with Crippen molar-refractivity contribution in [2.75, 3.05) is 13.1 Å². The fraction of sp³-hybridized carbons (Fsp3) is 0.308. The van der Waals surface area contributed by atoms with Crippen LogP contribution in [-0.4, -0.2) is 34.2 Å². The quantitative estimate of drug-likeness (QED) is 0.454. The van der Waals surface area contributed by atoms with Crippen LogP contribution in [0.2, 0.25) is 0 Å². The molecule has 1 aliphatic rings. The standard InChI is InChI=1S/C26H28N4O2/c1-2-6-20(7-3-1)17-31-19-24-15-28-29-30(24)25-12-13-27-16-26(25)32-18-21-10-11-22-8-4-5-9-23(22)14-21/h1-11,14-15,25-27H,12-13,16-19H2. The predicted octanol–water partition coefficient (Wildman–Crippen LogP) is 4.27. The molecule has 2 atom stereocenters. The van der Waals surface area contributed by atoms with Gasteiger partial charge in [0.05, 0.1) is 43.9 Å². The number of piperidine rings is 1. The second kappa shape index (κ2) is 10.0. The van der Waals surface area contributed by atoms with Crippen molar-refractivity contribution >= 4 is 10.8 Å². The Kier molecular flexibility index (Phi) is 6.53. The van der Waals surface area contributed by atoms with Gasteiger partial charge in [-0.05, 0) is 40.9 Å². The molecule has 6 heteroatoms.